The van der Waals surface area contributed by atoms with E-state index in [2.05, 4.69) is 10.1 Å². The largest absolute Gasteiger partial charge is 0.343 e. The van der Waals surface area contributed by atoms with E-state index in [1.807, 2.05) is 35.2 Å². The van der Waals surface area contributed by atoms with Gasteiger partial charge in [-0.1, -0.05) is 30.3 Å². The van der Waals surface area contributed by atoms with Crippen molar-refractivity contribution >= 4 is 17.5 Å². The van der Waals surface area contributed by atoms with Gasteiger partial charge >= 0.3 is 0 Å². The van der Waals surface area contributed by atoms with E-state index in [-0.39, 0.29) is 24.0 Å². The molecule has 3 aliphatic rings. The highest BCUT2D eigenvalue weighted by atomic mass is 16.5. The fraction of sp³-hybridized carbons (Fsp3) is 0.333. The molecule has 0 bridgehead atoms. The second-order valence-electron chi connectivity index (χ2n) is 7.79. The highest BCUT2D eigenvalue weighted by Crippen LogP contribution is 2.50. The van der Waals surface area contributed by atoms with Gasteiger partial charge < -0.3 is 14.5 Å². The van der Waals surface area contributed by atoms with Gasteiger partial charge in [0, 0.05) is 31.4 Å². The van der Waals surface area contributed by atoms with Crippen LogP contribution in [-0.2, 0) is 9.53 Å². The molecule has 0 N–H and O–H groups in total. The Morgan fingerprint density at radius 2 is 2.07 bits per heavy atom. The van der Waals surface area contributed by atoms with Crippen molar-refractivity contribution in [2.24, 2.45) is 0 Å². The van der Waals surface area contributed by atoms with E-state index >= 15 is 0 Å². The molecule has 3 aromatic rings. The molecule has 146 valence electrons. The number of carbonyl (C=O) groups is 2. The molecule has 0 radical (unpaired) electrons. The molecule has 0 aliphatic carbocycles. The lowest BCUT2D eigenvalue weighted by molar-refractivity contribution is -0.138. The van der Waals surface area contributed by atoms with E-state index in [9.17, 15) is 9.59 Å². The predicted molar refractivity (Wildman–Crippen MR) is 102 cm³/mol. The molecule has 3 atom stereocenters. The fourth-order valence-electron chi connectivity index (χ4n) is 4.99. The minimum atomic E-state index is -0.731. The molecule has 5 heterocycles. The summed E-state index contributed by atoms with van der Waals surface area (Å²) >= 11 is 0. The van der Waals surface area contributed by atoms with Crippen molar-refractivity contribution in [3.05, 3.63) is 66.1 Å². The molecule has 8 nitrogen and oxygen atoms in total. The molecule has 0 saturated carbocycles. The molecular formula is C21H19N5O3. The zero-order valence-corrected chi connectivity index (χ0v) is 15.6. The van der Waals surface area contributed by atoms with Crippen LogP contribution in [-0.4, -0.2) is 61.1 Å². The maximum absolute atomic E-state index is 13.2. The van der Waals surface area contributed by atoms with Crippen LogP contribution >= 0.6 is 0 Å². The Hall–Kier alpha value is -3.26. The van der Waals surface area contributed by atoms with Gasteiger partial charge in [-0.25, -0.2) is 9.50 Å². The van der Waals surface area contributed by atoms with Gasteiger partial charge in [0.2, 0.25) is 5.91 Å². The molecule has 6 rings (SSSR count). The lowest BCUT2D eigenvalue weighted by Gasteiger charge is -2.31. The van der Waals surface area contributed by atoms with Gasteiger partial charge in [-0.05, 0) is 11.6 Å². The van der Waals surface area contributed by atoms with E-state index in [0.717, 1.165) is 5.56 Å². The number of ether oxygens (including phenoxy) is 1. The van der Waals surface area contributed by atoms with Crippen LogP contribution in [0.25, 0.3) is 5.65 Å². The van der Waals surface area contributed by atoms with Gasteiger partial charge in [-0.3, -0.25) is 9.59 Å². The summed E-state index contributed by atoms with van der Waals surface area (Å²) in [4.78, 5) is 33.8. The molecule has 29 heavy (non-hydrogen) atoms. The number of amides is 2. The zero-order valence-electron chi connectivity index (χ0n) is 15.6. The Balaban J connectivity index is 1.32. The van der Waals surface area contributed by atoms with Crippen molar-refractivity contribution in [1.29, 1.82) is 0 Å². The molecular weight excluding hydrogens is 370 g/mol. The number of carbonyl (C=O) groups excluding carboxylic acids is 2. The maximum Gasteiger partial charge on any atom is 0.274 e. The van der Waals surface area contributed by atoms with Crippen LogP contribution in [0.5, 0.6) is 0 Å². The number of aromatic nitrogens is 3. The Morgan fingerprint density at radius 1 is 1.21 bits per heavy atom. The van der Waals surface area contributed by atoms with Crippen LogP contribution < -0.4 is 0 Å². The highest BCUT2D eigenvalue weighted by molar-refractivity contribution is 5.95. The number of benzene rings is 1. The standard InChI is InChI=1S/C21H19N5O3/c27-19-12-17-21(25(19)13-16(29-21)14-5-2-1-3-6-14)7-10-24(17)20(28)15-11-18-22-8-4-9-26(18)23-15/h1-6,8-9,11,16-17H,7,10,12-13H2/t16-,17-,21+/m1/s1. The summed E-state index contributed by atoms with van der Waals surface area (Å²) in [7, 11) is 0. The number of rotatable bonds is 2. The van der Waals surface area contributed by atoms with Crippen LogP contribution in [0.3, 0.4) is 0 Å². The molecule has 2 aromatic heterocycles. The Kier molecular flexibility index (Phi) is 3.37. The van der Waals surface area contributed by atoms with E-state index in [0.29, 0.717) is 37.3 Å². The van der Waals surface area contributed by atoms with Crippen molar-refractivity contribution < 1.29 is 14.3 Å². The van der Waals surface area contributed by atoms with E-state index < -0.39 is 5.72 Å². The van der Waals surface area contributed by atoms with Crippen molar-refractivity contribution in [2.75, 3.05) is 13.1 Å². The second-order valence-corrected chi connectivity index (χ2v) is 7.79. The van der Waals surface area contributed by atoms with Crippen molar-refractivity contribution in [3.8, 4) is 0 Å². The number of likely N-dealkylation sites (tertiary alicyclic amines) is 1. The van der Waals surface area contributed by atoms with Crippen LogP contribution in [0.4, 0.5) is 0 Å². The van der Waals surface area contributed by atoms with Crippen LogP contribution in [0.1, 0.15) is 35.0 Å². The quantitative estimate of drug-likeness (QED) is 0.666. The predicted octanol–water partition coefficient (Wildman–Crippen LogP) is 1.64. The molecule has 3 saturated heterocycles. The summed E-state index contributed by atoms with van der Waals surface area (Å²) in [5.41, 5.74) is 1.28. The molecule has 1 spiro atoms. The third kappa shape index (κ3) is 2.29. The second kappa shape index (κ2) is 5.87. The van der Waals surface area contributed by atoms with Gasteiger partial charge in [-0.15, -0.1) is 0 Å². The Labute approximate surface area is 166 Å². The third-order valence-corrected chi connectivity index (χ3v) is 6.32. The lowest BCUT2D eigenvalue weighted by Crippen LogP contribution is -2.48. The molecule has 2 amide bonds. The van der Waals surface area contributed by atoms with Crippen LogP contribution in [0, 0.1) is 0 Å². The van der Waals surface area contributed by atoms with Crippen molar-refractivity contribution in [2.45, 2.75) is 30.7 Å². The topological polar surface area (TPSA) is 80.0 Å². The lowest BCUT2D eigenvalue weighted by atomic mass is 10.1. The molecule has 0 unspecified atom stereocenters. The monoisotopic (exact) mass is 389 g/mol. The van der Waals surface area contributed by atoms with E-state index in [1.54, 1.807) is 33.9 Å². The first-order valence-electron chi connectivity index (χ1n) is 9.80. The fourth-order valence-corrected chi connectivity index (χ4v) is 4.99. The molecule has 1 aromatic carbocycles. The summed E-state index contributed by atoms with van der Waals surface area (Å²) in [5, 5.41) is 4.36. The smallest absolute Gasteiger partial charge is 0.274 e. The number of fused-ring (bicyclic) bond motifs is 1. The molecule has 3 fully saturated rings. The van der Waals surface area contributed by atoms with Crippen LogP contribution in [0.2, 0.25) is 0 Å². The zero-order chi connectivity index (χ0) is 19.6. The van der Waals surface area contributed by atoms with E-state index in [4.69, 9.17) is 4.74 Å². The summed E-state index contributed by atoms with van der Waals surface area (Å²) in [5.74, 6) is -0.138. The normalized spacial score (nSPS) is 28.2. The number of nitrogens with zero attached hydrogens (tertiary/aromatic N) is 5. The van der Waals surface area contributed by atoms with Crippen molar-refractivity contribution in [3.63, 3.8) is 0 Å². The average Bonchev–Trinajstić information content (AvgIpc) is 3.48. The third-order valence-electron chi connectivity index (χ3n) is 6.32. The highest BCUT2D eigenvalue weighted by Gasteiger charge is 2.65. The maximum atomic E-state index is 13.2. The Morgan fingerprint density at radius 3 is 2.90 bits per heavy atom. The number of hydrogen-bond donors (Lipinski definition) is 0. The van der Waals surface area contributed by atoms with Gasteiger partial charge in [0.05, 0.1) is 19.0 Å². The summed E-state index contributed by atoms with van der Waals surface area (Å²) in [6.45, 7) is 1.07. The minimum Gasteiger partial charge on any atom is -0.343 e. The molecule has 3 aliphatic heterocycles. The first kappa shape index (κ1) is 16.7. The first-order chi connectivity index (χ1) is 14.2. The SMILES string of the molecule is O=C(c1cc2ncccn2n1)N1CC[C@@]23O[C@@H](c4ccccc4)CN2C(=O)C[C@@H]13. The van der Waals surface area contributed by atoms with Gasteiger partial charge in [0.25, 0.3) is 5.91 Å². The van der Waals surface area contributed by atoms with Gasteiger partial charge in [0.1, 0.15) is 6.10 Å². The summed E-state index contributed by atoms with van der Waals surface area (Å²) in [6.07, 6.45) is 4.16. The van der Waals surface area contributed by atoms with Gasteiger partial charge in [-0.2, -0.15) is 5.10 Å². The van der Waals surface area contributed by atoms with Crippen LogP contribution in [0.15, 0.2) is 54.9 Å². The number of hydrogen-bond acceptors (Lipinski definition) is 5. The first-order valence-corrected chi connectivity index (χ1v) is 9.80. The van der Waals surface area contributed by atoms with E-state index in [1.165, 1.54) is 0 Å². The minimum absolute atomic E-state index is 0.0441. The Bertz CT molecular complexity index is 1100. The van der Waals surface area contributed by atoms with Gasteiger partial charge in [0.15, 0.2) is 17.1 Å². The molecule has 8 heteroatoms. The van der Waals surface area contributed by atoms with Crippen molar-refractivity contribution in [1.82, 2.24) is 24.4 Å². The summed E-state index contributed by atoms with van der Waals surface area (Å²) < 4.78 is 8.09. The summed E-state index contributed by atoms with van der Waals surface area (Å²) in [6, 6.07) is 13.1. The average molecular weight is 389 g/mol.